The third-order valence-electron chi connectivity index (χ3n) is 2.51. The molecule has 2 aromatic rings. The van der Waals surface area contributed by atoms with E-state index in [1.165, 1.54) is 0 Å². The summed E-state index contributed by atoms with van der Waals surface area (Å²) in [5, 5.41) is 4.07. The predicted octanol–water partition coefficient (Wildman–Crippen LogP) is 2.05. The van der Waals surface area contributed by atoms with Crippen LogP contribution in [0.3, 0.4) is 0 Å². The molecule has 0 fully saturated rings. The number of aromatic nitrogens is 2. The van der Waals surface area contributed by atoms with Gasteiger partial charge in [0.15, 0.2) is 0 Å². The molecule has 4 nitrogen and oxygen atoms in total. The van der Waals surface area contributed by atoms with Crippen molar-refractivity contribution >= 4 is 5.69 Å². The van der Waals surface area contributed by atoms with Crippen molar-refractivity contribution in [2.45, 2.75) is 13.3 Å². The van der Waals surface area contributed by atoms with Crippen molar-refractivity contribution in [1.29, 1.82) is 0 Å². The zero-order chi connectivity index (χ0) is 12.3. The van der Waals surface area contributed by atoms with E-state index in [0.717, 1.165) is 0 Å². The molecule has 0 saturated heterocycles. The molecule has 90 valence electrons. The Labute approximate surface area is 98.8 Å². The molecule has 1 aromatic heterocycles. The van der Waals surface area contributed by atoms with E-state index in [1.54, 1.807) is 42.2 Å². The summed E-state index contributed by atoms with van der Waals surface area (Å²) in [5.74, 6) is 0.501. The Morgan fingerprint density at radius 1 is 1.41 bits per heavy atom. The molecule has 0 radical (unpaired) electrons. The third-order valence-corrected chi connectivity index (χ3v) is 2.51. The van der Waals surface area contributed by atoms with Gasteiger partial charge >= 0.3 is 0 Å². The van der Waals surface area contributed by atoms with Crippen LogP contribution in [-0.2, 0) is 20.3 Å². The molecule has 5 heteroatoms. The van der Waals surface area contributed by atoms with Gasteiger partial charge < -0.3 is 10.5 Å². The third kappa shape index (κ3) is 2.55. The number of nitrogens with zero attached hydrogens (tertiary/aromatic N) is 2. The molecule has 1 heterocycles. The highest BCUT2D eigenvalue weighted by atomic mass is 19.1. The molecule has 0 unspecified atom stereocenters. The van der Waals surface area contributed by atoms with Crippen molar-refractivity contribution in [3.8, 4) is 5.88 Å². The van der Waals surface area contributed by atoms with E-state index in [9.17, 15) is 4.39 Å². The Morgan fingerprint density at radius 2 is 2.24 bits per heavy atom. The standard InChI is InChI=1S/C12H14FN3O/c1-16-6-5-12(15-16)17-8-10-9(7-13)3-2-4-11(10)14/h2-6H,7-8,14H2,1H3. The predicted molar refractivity (Wildman–Crippen MR) is 63.2 cm³/mol. The van der Waals surface area contributed by atoms with Crippen molar-refractivity contribution < 1.29 is 9.13 Å². The second kappa shape index (κ2) is 4.86. The van der Waals surface area contributed by atoms with Crippen LogP contribution < -0.4 is 10.5 Å². The Kier molecular flexibility index (Phi) is 3.27. The van der Waals surface area contributed by atoms with Gasteiger partial charge in [-0.15, -0.1) is 5.10 Å². The molecule has 2 rings (SSSR count). The number of nitrogen functional groups attached to an aromatic ring is 1. The second-order valence-corrected chi connectivity index (χ2v) is 3.73. The van der Waals surface area contributed by atoms with Gasteiger partial charge in [0.25, 0.3) is 0 Å². The molecule has 0 amide bonds. The first kappa shape index (κ1) is 11.4. The first-order valence-electron chi connectivity index (χ1n) is 5.25. The number of nitrogens with two attached hydrogens (primary N) is 1. The van der Waals surface area contributed by atoms with E-state index in [1.807, 2.05) is 0 Å². The average molecular weight is 235 g/mol. The Hall–Kier alpha value is -2.04. The van der Waals surface area contributed by atoms with E-state index in [-0.39, 0.29) is 6.61 Å². The molecule has 0 aliphatic heterocycles. The van der Waals surface area contributed by atoms with Gasteiger partial charge in [0.2, 0.25) is 5.88 Å². The summed E-state index contributed by atoms with van der Waals surface area (Å²) in [6.07, 6.45) is 1.78. The van der Waals surface area contributed by atoms with Gasteiger partial charge in [-0.25, -0.2) is 4.39 Å². The number of aryl methyl sites for hydroxylation is 1. The summed E-state index contributed by atoms with van der Waals surface area (Å²) < 4.78 is 19.9. The Bertz CT molecular complexity index is 510. The number of hydrogen-bond acceptors (Lipinski definition) is 3. The fraction of sp³-hybridized carbons (Fsp3) is 0.250. The highest BCUT2D eigenvalue weighted by molar-refractivity contribution is 5.50. The van der Waals surface area contributed by atoms with Crippen LogP contribution in [0.25, 0.3) is 0 Å². The van der Waals surface area contributed by atoms with E-state index >= 15 is 0 Å². The van der Waals surface area contributed by atoms with Crippen LogP contribution in [0.2, 0.25) is 0 Å². The van der Waals surface area contributed by atoms with E-state index in [2.05, 4.69) is 5.10 Å². The van der Waals surface area contributed by atoms with E-state index in [4.69, 9.17) is 10.5 Å². The molecule has 0 spiro atoms. The molecule has 0 saturated carbocycles. The maximum absolute atomic E-state index is 12.8. The lowest BCUT2D eigenvalue weighted by molar-refractivity contribution is 0.288. The number of anilines is 1. The fourth-order valence-electron chi connectivity index (χ4n) is 1.57. The normalized spacial score (nSPS) is 10.5. The van der Waals surface area contributed by atoms with Gasteiger partial charge in [-0.2, -0.15) is 0 Å². The molecule has 2 N–H and O–H groups in total. The molecule has 0 aliphatic rings. The summed E-state index contributed by atoms with van der Waals surface area (Å²) in [5.41, 5.74) is 7.57. The minimum atomic E-state index is -0.550. The number of benzene rings is 1. The van der Waals surface area contributed by atoms with Crippen LogP contribution in [-0.4, -0.2) is 9.78 Å². The van der Waals surface area contributed by atoms with Gasteiger partial charge in [-0.1, -0.05) is 12.1 Å². The lowest BCUT2D eigenvalue weighted by Gasteiger charge is -2.10. The smallest absolute Gasteiger partial charge is 0.233 e. The van der Waals surface area contributed by atoms with Crippen LogP contribution in [0.15, 0.2) is 30.5 Å². The van der Waals surface area contributed by atoms with Crippen molar-refractivity contribution in [2.24, 2.45) is 7.05 Å². The van der Waals surface area contributed by atoms with Gasteiger partial charge in [-0.05, 0) is 11.6 Å². The van der Waals surface area contributed by atoms with Crippen molar-refractivity contribution in [2.75, 3.05) is 5.73 Å². The van der Waals surface area contributed by atoms with Crippen molar-refractivity contribution in [3.05, 3.63) is 41.6 Å². The maximum Gasteiger partial charge on any atom is 0.233 e. The number of alkyl halides is 1. The Balaban J connectivity index is 2.13. The fourth-order valence-corrected chi connectivity index (χ4v) is 1.57. The molecule has 0 atom stereocenters. The zero-order valence-electron chi connectivity index (χ0n) is 9.56. The highest BCUT2D eigenvalue weighted by Gasteiger charge is 2.07. The van der Waals surface area contributed by atoms with Gasteiger partial charge in [-0.3, -0.25) is 4.68 Å². The summed E-state index contributed by atoms with van der Waals surface area (Å²) in [6, 6.07) is 6.91. The largest absolute Gasteiger partial charge is 0.472 e. The highest BCUT2D eigenvalue weighted by Crippen LogP contribution is 2.20. The SMILES string of the molecule is Cn1ccc(OCc2c(N)cccc2CF)n1. The maximum atomic E-state index is 12.8. The number of rotatable bonds is 4. The summed E-state index contributed by atoms with van der Waals surface area (Å²) in [6.45, 7) is -0.325. The minimum Gasteiger partial charge on any atom is -0.472 e. The molecular weight excluding hydrogens is 221 g/mol. The lowest BCUT2D eigenvalue weighted by Crippen LogP contribution is -2.04. The van der Waals surface area contributed by atoms with Crippen LogP contribution in [0.1, 0.15) is 11.1 Å². The zero-order valence-corrected chi connectivity index (χ0v) is 9.56. The van der Waals surface area contributed by atoms with Crippen molar-refractivity contribution in [1.82, 2.24) is 9.78 Å². The molecule has 1 aromatic carbocycles. The molecule has 0 aliphatic carbocycles. The van der Waals surface area contributed by atoms with Crippen LogP contribution in [0.5, 0.6) is 5.88 Å². The molecule has 0 bridgehead atoms. The topological polar surface area (TPSA) is 53.1 Å². The Morgan fingerprint density at radius 3 is 2.88 bits per heavy atom. The first-order chi connectivity index (χ1) is 8.20. The summed E-state index contributed by atoms with van der Waals surface area (Å²) in [7, 11) is 1.80. The minimum absolute atomic E-state index is 0.225. The second-order valence-electron chi connectivity index (χ2n) is 3.73. The van der Waals surface area contributed by atoms with Gasteiger partial charge in [0.05, 0.1) is 0 Å². The summed E-state index contributed by atoms with van der Waals surface area (Å²) >= 11 is 0. The van der Waals surface area contributed by atoms with Crippen LogP contribution in [0, 0.1) is 0 Å². The van der Waals surface area contributed by atoms with Crippen LogP contribution >= 0.6 is 0 Å². The first-order valence-corrected chi connectivity index (χ1v) is 5.25. The van der Waals surface area contributed by atoms with E-state index < -0.39 is 6.67 Å². The molecule has 17 heavy (non-hydrogen) atoms. The van der Waals surface area contributed by atoms with Gasteiger partial charge in [0.1, 0.15) is 13.3 Å². The number of hydrogen-bond donors (Lipinski definition) is 1. The van der Waals surface area contributed by atoms with E-state index in [0.29, 0.717) is 22.7 Å². The summed E-state index contributed by atoms with van der Waals surface area (Å²) in [4.78, 5) is 0. The molecular formula is C12H14FN3O. The average Bonchev–Trinajstić information content (AvgIpc) is 2.73. The number of halogens is 1. The van der Waals surface area contributed by atoms with Crippen LogP contribution in [0.4, 0.5) is 10.1 Å². The number of ether oxygens (including phenoxy) is 1. The van der Waals surface area contributed by atoms with Gasteiger partial charge in [0, 0.05) is 30.6 Å². The van der Waals surface area contributed by atoms with Crippen molar-refractivity contribution in [3.63, 3.8) is 0 Å². The quantitative estimate of drug-likeness (QED) is 0.825. The lowest BCUT2D eigenvalue weighted by atomic mass is 10.1. The monoisotopic (exact) mass is 235 g/mol.